The van der Waals surface area contributed by atoms with Crippen LogP contribution >= 0.6 is 0 Å². The molecule has 3 rings (SSSR count). The smallest absolute Gasteiger partial charge is 0.378 e. The topological polar surface area (TPSA) is 56.6 Å². The van der Waals surface area contributed by atoms with E-state index in [9.17, 15) is 18.0 Å². The number of alkyl halides is 3. The first-order chi connectivity index (χ1) is 11.2. The highest BCUT2D eigenvalue weighted by atomic mass is 19.4. The second-order valence-corrected chi connectivity index (χ2v) is 6.34. The number of hydrogen-bond acceptors (Lipinski definition) is 4. The van der Waals surface area contributed by atoms with E-state index < -0.39 is 28.9 Å². The molecule has 1 amide bonds. The predicted octanol–water partition coefficient (Wildman–Crippen LogP) is 1.94. The Kier molecular flexibility index (Phi) is 4.33. The van der Waals surface area contributed by atoms with E-state index in [1.165, 1.54) is 11.1 Å². The zero-order valence-electron chi connectivity index (χ0n) is 13.6. The van der Waals surface area contributed by atoms with Crippen molar-refractivity contribution in [3.05, 3.63) is 17.5 Å². The molecule has 2 fully saturated rings. The summed E-state index contributed by atoms with van der Waals surface area (Å²) in [5.41, 5.74) is -2.16. The van der Waals surface area contributed by atoms with E-state index in [1.54, 1.807) is 13.8 Å². The first kappa shape index (κ1) is 17.2. The van der Waals surface area contributed by atoms with Crippen LogP contribution in [-0.2, 0) is 22.2 Å². The van der Waals surface area contributed by atoms with E-state index >= 15 is 0 Å². The number of carbonyl (C=O) groups excluding carboxylic acids is 1. The molecular formula is C15H20F3N3O3. The first-order valence-corrected chi connectivity index (χ1v) is 7.93. The summed E-state index contributed by atoms with van der Waals surface area (Å²) >= 11 is 0. The van der Waals surface area contributed by atoms with Crippen LogP contribution in [0.3, 0.4) is 0 Å². The van der Waals surface area contributed by atoms with Gasteiger partial charge in [0.2, 0.25) is 0 Å². The van der Waals surface area contributed by atoms with Gasteiger partial charge in [0.05, 0.1) is 24.8 Å². The second kappa shape index (κ2) is 6.03. The molecule has 0 unspecified atom stereocenters. The minimum Gasteiger partial charge on any atom is -0.378 e. The quantitative estimate of drug-likeness (QED) is 0.820. The van der Waals surface area contributed by atoms with Gasteiger partial charge in [-0.25, -0.2) is 0 Å². The van der Waals surface area contributed by atoms with E-state index in [2.05, 4.69) is 5.10 Å². The number of aromatic nitrogens is 2. The Morgan fingerprint density at radius 3 is 2.83 bits per heavy atom. The number of halogens is 3. The summed E-state index contributed by atoms with van der Waals surface area (Å²) in [6, 6.07) is 0. The van der Waals surface area contributed by atoms with Gasteiger partial charge in [-0.15, -0.1) is 0 Å². The summed E-state index contributed by atoms with van der Waals surface area (Å²) in [5, 5.41) is 3.51. The minimum absolute atomic E-state index is 0.227. The molecule has 0 aliphatic carbocycles. The number of nitrogens with zero attached hydrogens (tertiary/aromatic N) is 3. The molecule has 2 aliphatic rings. The van der Waals surface area contributed by atoms with Crippen LogP contribution in [-0.4, -0.2) is 58.6 Å². The van der Waals surface area contributed by atoms with E-state index in [-0.39, 0.29) is 25.7 Å². The standard InChI is InChI=1S/C15H20F3N3O3/c1-3-21-7-11(12(19-21)15(16,17)18)13(22)20-6-10(2)24-14(8-20)4-5-23-9-14/h7,10H,3-6,8-9H2,1-2H3/t10-,14-/m0/s1. The summed E-state index contributed by atoms with van der Waals surface area (Å²) in [7, 11) is 0. The van der Waals surface area contributed by atoms with E-state index in [0.29, 0.717) is 19.6 Å². The fourth-order valence-corrected chi connectivity index (χ4v) is 3.30. The summed E-state index contributed by atoms with van der Waals surface area (Å²) < 4.78 is 52.0. The number of hydrogen-bond donors (Lipinski definition) is 0. The third-order valence-corrected chi connectivity index (χ3v) is 4.35. The molecule has 0 aromatic carbocycles. The number of amides is 1. The van der Waals surface area contributed by atoms with Crippen molar-refractivity contribution >= 4 is 5.91 Å². The molecule has 0 saturated carbocycles. The van der Waals surface area contributed by atoms with Crippen LogP contribution in [0.2, 0.25) is 0 Å². The van der Waals surface area contributed by atoms with Crippen molar-refractivity contribution in [1.82, 2.24) is 14.7 Å². The van der Waals surface area contributed by atoms with Crippen molar-refractivity contribution < 1.29 is 27.4 Å². The van der Waals surface area contributed by atoms with E-state index in [4.69, 9.17) is 9.47 Å². The number of aryl methyl sites for hydroxylation is 1. The van der Waals surface area contributed by atoms with Crippen molar-refractivity contribution in [1.29, 1.82) is 0 Å². The van der Waals surface area contributed by atoms with Gasteiger partial charge >= 0.3 is 6.18 Å². The largest absolute Gasteiger partial charge is 0.435 e. The Morgan fingerprint density at radius 2 is 2.25 bits per heavy atom. The van der Waals surface area contributed by atoms with Gasteiger partial charge in [0, 0.05) is 32.3 Å². The SMILES string of the molecule is CCn1cc(C(=O)N2C[C@H](C)O[C@@]3(CCOC3)C2)c(C(F)(F)F)n1. The third kappa shape index (κ3) is 3.14. The molecule has 1 aromatic rings. The maximum Gasteiger partial charge on any atom is 0.435 e. The molecule has 6 nitrogen and oxygen atoms in total. The minimum atomic E-state index is -4.67. The summed E-state index contributed by atoms with van der Waals surface area (Å²) in [6.07, 6.45) is -3.14. The van der Waals surface area contributed by atoms with Crippen molar-refractivity contribution in [2.24, 2.45) is 0 Å². The molecule has 1 spiro atoms. The van der Waals surface area contributed by atoms with Gasteiger partial charge in [0.1, 0.15) is 5.60 Å². The molecule has 0 bridgehead atoms. The predicted molar refractivity (Wildman–Crippen MR) is 77.5 cm³/mol. The fraction of sp³-hybridized carbons (Fsp3) is 0.733. The number of morpholine rings is 1. The highest BCUT2D eigenvalue weighted by molar-refractivity contribution is 5.95. The fourth-order valence-electron chi connectivity index (χ4n) is 3.30. The van der Waals surface area contributed by atoms with Crippen molar-refractivity contribution in [2.45, 2.75) is 44.7 Å². The van der Waals surface area contributed by atoms with Crippen molar-refractivity contribution in [2.75, 3.05) is 26.3 Å². The molecule has 2 aliphatic heterocycles. The first-order valence-electron chi connectivity index (χ1n) is 7.93. The molecule has 0 N–H and O–H groups in total. The zero-order valence-corrected chi connectivity index (χ0v) is 13.6. The second-order valence-electron chi connectivity index (χ2n) is 6.34. The maximum atomic E-state index is 13.2. The lowest BCUT2D eigenvalue weighted by Gasteiger charge is -2.42. The maximum absolute atomic E-state index is 13.2. The highest BCUT2D eigenvalue weighted by Gasteiger charge is 2.46. The van der Waals surface area contributed by atoms with Gasteiger partial charge in [0.15, 0.2) is 5.69 Å². The molecule has 24 heavy (non-hydrogen) atoms. The molecule has 3 heterocycles. The van der Waals surface area contributed by atoms with Crippen LogP contribution in [0.4, 0.5) is 13.2 Å². The Bertz CT molecular complexity index is 623. The lowest BCUT2D eigenvalue weighted by Crippen LogP contribution is -2.57. The van der Waals surface area contributed by atoms with E-state index in [0.717, 1.165) is 4.68 Å². The monoisotopic (exact) mass is 347 g/mol. The van der Waals surface area contributed by atoms with Crippen LogP contribution in [0.25, 0.3) is 0 Å². The van der Waals surface area contributed by atoms with E-state index in [1.807, 2.05) is 0 Å². The van der Waals surface area contributed by atoms with Crippen molar-refractivity contribution in [3.63, 3.8) is 0 Å². The van der Waals surface area contributed by atoms with Gasteiger partial charge in [-0.3, -0.25) is 9.48 Å². The van der Waals surface area contributed by atoms with Gasteiger partial charge in [-0.05, 0) is 13.8 Å². The van der Waals surface area contributed by atoms with Crippen LogP contribution in [0.1, 0.15) is 36.3 Å². The summed E-state index contributed by atoms with van der Waals surface area (Å²) in [4.78, 5) is 14.2. The Labute approximate surface area is 137 Å². The number of carbonyl (C=O) groups is 1. The Hall–Kier alpha value is -1.61. The summed E-state index contributed by atoms with van der Waals surface area (Å²) in [6.45, 7) is 5.08. The van der Waals surface area contributed by atoms with Crippen LogP contribution in [0.5, 0.6) is 0 Å². The van der Waals surface area contributed by atoms with Crippen LogP contribution < -0.4 is 0 Å². The normalized spacial score (nSPS) is 27.9. The van der Waals surface area contributed by atoms with Gasteiger partial charge < -0.3 is 14.4 Å². The Morgan fingerprint density at radius 1 is 1.50 bits per heavy atom. The third-order valence-electron chi connectivity index (χ3n) is 4.35. The molecule has 1 aromatic heterocycles. The highest BCUT2D eigenvalue weighted by Crippen LogP contribution is 2.34. The van der Waals surface area contributed by atoms with Crippen LogP contribution in [0.15, 0.2) is 6.20 Å². The molecule has 9 heteroatoms. The lowest BCUT2D eigenvalue weighted by molar-refractivity contribution is -0.143. The van der Waals surface area contributed by atoms with Gasteiger partial charge in [-0.1, -0.05) is 0 Å². The zero-order chi connectivity index (χ0) is 17.5. The van der Waals surface area contributed by atoms with Crippen LogP contribution in [0, 0.1) is 0 Å². The molecule has 134 valence electrons. The number of ether oxygens (including phenoxy) is 2. The van der Waals surface area contributed by atoms with Crippen molar-refractivity contribution in [3.8, 4) is 0 Å². The lowest BCUT2D eigenvalue weighted by atomic mass is 9.98. The van der Waals surface area contributed by atoms with Gasteiger partial charge in [0.25, 0.3) is 5.91 Å². The number of rotatable bonds is 2. The molecule has 2 atom stereocenters. The summed E-state index contributed by atoms with van der Waals surface area (Å²) in [5.74, 6) is -0.663. The molecule has 2 saturated heterocycles. The van der Waals surface area contributed by atoms with Gasteiger partial charge in [-0.2, -0.15) is 18.3 Å². The molecule has 0 radical (unpaired) electrons. The average molecular weight is 347 g/mol. The Balaban J connectivity index is 1.89. The average Bonchev–Trinajstić information content (AvgIpc) is 3.12. The molecular weight excluding hydrogens is 327 g/mol.